The summed E-state index contributed by atoms with van der Waals surface area (Å²) in [5.74, 6) is 1.02. The Morgan fingerprint density at radius 1 is 1.53 bits per heavy atom. The Kier molecular flexibility index (Phi) is 2.14. The van der Waals surface area contributed by atoms with E-state index in [-0.39, 0.29) is 0 Å². The van der Waals surface area contributed by atoms with Crippen molar-refractivity contribution in [2.24, 2.45) is 0 Å². The lowest BCUT2D eigenvalue weighted by Gasteiger charge is -1.97. The molecule has 0 aromatic carbocycles. The molecule has 0 spiro atoms. The molecule has 2 aromatic heterocycles. The normalized spacial score (nSPS) is 14.1. The van der Waals surface area contributed by atoms with Crippen molar-refractivity contribution in [2.45, 2.75) is 11.7 Å². The van der Waals surface area contributed by atoms with Crippen LogP contribution in [0.1, 0.15) is 10.5 Å². The van der Waals surface area contributed by atoms with Crippen molar-refractivity contribution in [3.05, 3.63) is 22.5 Å². The number of hydrogen-bond donors (Lipinski definition) is 0. The zero-order valence-electron chi connectivity index (χ0n) is 7.84. The first-order valence-electron chi connectivity index (χ1n) is 4.61. The third-order valence-corrected chi connectivity index (χ3v) is 4.06. The van der Waals surface area contributed by atoms with Crippen LogP contribution in [0.5, 0.6) is 0 Å². The number of carbonyl (C=O) groups is 1. The smallest absolute Gasteiger partial charge is 0.169 e. The second-order valence-electron chi connectivity index (χ2n) is 3.26. The molecule has 0 fully saturated rings. The Morgan fingerprint density at radius 2 is 2.47 bits per heavy atom. The van der Waals surface area contributed by atoms with E-state index in [4.69, 9.17) is 0 Å². The van der Waals surface area contributed by atoms with Crippen LogP contribution in [0.25, 0.3) is 11.3 Å². The van der Waals surface area contributed by atoms with Gasteiger partial charge in [-0.1, -0.05) is 11.8 Å². The maximum Gasteiger partial charge on any atom is 0.169 e. The Morgan fingerprint density at radius 3 is 3.20 bits per heavy atom. The molecule has 0 atom stereocenters. The van der Waals surface area contributed by atoms with Crippen molar-refractivity contribution in [1.29, 1.82) is 0 Å². The summed E-state index contributed by atoms with van der Waals surface area (Å²) < 4.78 is 2.00. The predicted octanol–water partition coefficient (Wildman–Crippen LogP) is 2.53. The lowest BCUT2D eigenvalue weighted by Crippen LogP contribution is -1.99. The maximum absolute atomic E-state index is 11.1. The first kappa shape index (κ1) is 9.18. The van der Waals surface area contributed by atoms with E-state index in [0.717, 1.165) is 35.0 Å². The molecule has 0 saturated carbocycles. The van der Waals surface area contributed by atoms with Gasteiger partial charge in [0.1, 0.15) is 11.4 Å². The van der Waals surface area contributed by atoms with Gasteiger partial charge >= 0.3 is 0 Å². The summed E-state index contributed by atoms with van der Waals surface area (Å²) in [5.41, 5.74) is 2.59. The fourth-order valence-corrected chi connectivity index (χ4v) is 3.33. The second-order valence-corrected chi connectivity index (χ2v) is 5.10. The molecule has 1 aliphatic rings. The average Bonchev–Trinajstić information content (AvgIpc) is 2.93. The summed E-state index contributed by atoms with van der Waals surface area (Å²) in [7, 11) is 0. The Hall–Kier alpha value is -1.07. The number of thiophene rings is 1. The molecule has 0 aliphatic carbocycles. The molecule has 2 aromatic rings. The fraction of sp³-hybridized carbons (Fsp3) is 0.200. The summed E-state index contributed by atoms with van der Waals surface area (Å²) in [6.45, 7) is 0.894. The Balaban J connectivity index is 2.20. The number of aldehydes is 1. The zero-order valence-corrected chi connectivity index (χ0v) is 9.48. The number of rotatable bonds is 2. The van der Waals surface area contributed by atoms with Gasteiger partial charge in [0, 0.05) is 23.2 Å². The lowest BCUT2D eigenvalue weighted by molar-refractivity contribution is 0.111. The van der Waals surface area contributed by atoms with Gasteiger partial charge in [0.2, 0.25) is 0 Å². The minimum atomic E-state index is 0.716. The molecule has 0 unspecified atom stereocenters. The molecule has 1 aliphatic heterocycles. The zero-order chi connectivity index (χ0) is 10.3. The Bertz CT molecular complexity index is 502. The van der Waals surface area contributed by atoms with Crippen LogP contribution in [-0.2, 0) is 6.54 Å². The van der Waals surface area contributed by atoms with Gasteiger partial charge in [-0.2, -0.15) is 11.3 Å². The number of imidazole rings is 1. The monoisotopic (exact) mass is 236 g/mol. The molecule has 0 bridgehead atoms. The molecule has 76 valence electrons. The number of hydrogen-bond acceptors (Lipinski definition) is 4. The van der Waals surface area contributed by atoms with Crippen LogP contribution in [0, 0.1) is 0 Å². The third-order valence-electron chi connectivity index (χ3n) is 2.42. The van der Waals surface area contributed by atoms with E-state index in [0.29, 0.717) is 5.69 Å². The predicted molar refractivity (Wildman–Crippen MR) is 61.7 cm³/mol. The van der Waals surface area contributed by atoms with Crippen molar-refractivity contribution in [2.75, 3.05) is 5.75 Å². The highest BCUT2D eigenvalue weighted by Crippen LogP contribution is 2.32. The summed E-state index contributed by atoms with van der Waals surface area (Å²) >= 11 is 3.33. The summed E-state index contributed by atoms with van der Waals surface area (Å²) in [5, 5.41) is 5.00. The van der Waals surface area contributed by atoms with Crippen LogP contribution in [0.2, 0.25) is 0 Å². The number of nitrogens with zero attached hydrogens (tertiary/aromatic N) is 2. The molecule has 0 saturated heterocycles. The molecule has 5 heteroatoms. The molecular formula is C10H8N2OS2. The van der Waals surface area contributed by atoms with Gasteiger partial charge in [0.15, 0.2) is 11.4 Å². The molecule has 0 N–H and O–H groups in total. The van der Waals surface area contributed by atoms with Gasteiger partial charge < -0.3 is 4.57 Å². The van der Waals surface area contributed by atoms with E-state index in [2.05, 4.69) is 4.98 Å². The van der Waals surface area contributed by atoms with Crippen molar-refractivity contribution in [3.63, 3.8) is 0 Å². The number of thioether (sulfide) groups is 1. The van der Waals surface area contributed by atoms with Gasteiger partial charge in [0.25, 0.3) is 0 Å². The average molecular weight is 236 g/mol. The van der Waals surface area contributed by atoms with Crippen LogP contribution in [-0.4, -0.2) is 21.6 Å². The lowest BCUT2D eigenvalue weighted by atomic mass is 10.2. The summed E-state index contributed by atoms with van der Waals surface area (Å²) in [6, 6.07) is 2.00. The second kappa shape index (κ2) is 3.50. The summed E-state index contributed by atoms with van der Waals surface area (Å²) in [4.78, 5) is 15.6. The van der Waals surface area contributed by atoms with E-state index in [1.54, 1.807) is 23.1 Å². The number of fused-ring (bicyclic) bond motifs is 1. The number of carbonyl (C=O) groups excluding carboxylic acids is 1. The van der Waals surface area contributed by atoms with Gasteiger partial charge in [-0.05, 0) is 11.4 Å². The SMILES string of the molecule is O=Cc1c(-c2ccsc2)nc2n1CCS2. The fourth-order valence-electron chi connectivity index (χ4n) is 1.73. The van der Waals surface area contributed by atoms with Crippen molar-refractivity contribution >= 4 is 29.4 Å². The molecule has 3 heterocycles. The van der Waals surface area contributed by atoms with E-state index in [1.807, 2.05) is 21.4 Å². The third kappa shape index (κ3) is 1.34. The van der Waals surface area contributed by atoms with E-state index in [1.165, 1.54) is 0 Å². The highest BCUT2D eigenvalue weighted by Gasteiger charge is 2.22. The highest BCUT2D eigenvalue weighted by atomic mass is 32.2. The first-order valence-corrected chi connectivity index (χ1v) is 6.54. The minimum absolute atomic E-state index is 0.716. The van der Waals surface area contributed by atoms with Crippen LogP contribution >= 0.6 is 23.1 Å². The molecular weight excluding hydrogens is 228 g/mol. The standard InChI is InChI=1S/C10H8N2OS2/c13-5-8-9(7-1-3-14-6-7)11-10-12(8)2-4-15-10/h1,3,5-6H,2,4H2. The molecule has 0 amide bonds. The van der Waals surface area contributed by atoms with E-state index >= 15 is 0 Å². The molecule has 3 nitrogen and oxygen atoms in total. The highest BCUT2D eigenvalue weighted by molar-refractivity contribution is 7.99. The molecule has 15 heavy (non-hydrogen) atoms. The van der Waals surface area contributed by atoms with Crippen LogP contribution in [0.3, 0.4) is 0 Å². The quantitative estimate of drug-likeness (QED) is 0.752. The Labute approximate surface area is 95.1 Å². The van der Waals surface area contributed by atoms with Gasteiger partial charge in [0.05, 0.1) is 0 Å². The topological polar surface area (TPSA) is 34.9 Å². The van der Waals surface area contributed by atoms with Crippen molar-refractivity contribution < 1.29 is 4.79 Å². The van der Waals surface area contributed by atoms with Gasteiger partial charge in [-0.3, -0.25) is 4.79 Å². The van der Waals surface area contributed by atoms with Crippen LogP contribution < -0.4 is 0 Å². The molecule has 0 radical (unpaired) electrons. The first-order chi connectivity index (χ1) is 7.40. The van der Waals surface area contributed by atoms with Crippen LogP contribution in [0.4, 0.5) is 0 Å². The van der Waals surface area contributed by atoms with Gasteiger partial charge in [-0.15, -0.1) is 0 Å². The van der Waals surface area contributed by atoms with Gasteiger partial charge in [-0.25, -0.2) is 4.98 Å². The van der Waals surface area contributed by atoms with Crippen LogP contribution in [0.15, 0.2) is 22.0 Å². The minimum Gasteiger partial charge on any atom is -0.315 e. The van der Waals surface area contributed by atoms with E-state index < -0.39 is 0 Å². The van der Waals surface area contributed by atoms with Crippen molar-refractivity contribution in [3.8, 4) is 11.3 Å². The van der Waals surface area contributed by atoms with E-state index in [9.17, 15) is 4.79 Å². The largest absolute Gasteiger partial charge is 0.315 e. The number of aromatic nitrogens is 2. The summed E-state index contributed by atoms with van der Waals surface area (Å²) in [6.07, 6.45) is 0.912. The van der Waals surface area contributed by atoms with Crippen molar-refractivity contribution in [1.82, 2.24) is 9.55 Å². The molecule has 3 rings (SSSR count). The maximum atomic E-state index is 11.1.